The molecule has 0 N–H and O–H groups in total. The van der Waals surface area contributed by atoms with E-state index in [1.54, 1.807) is 0 Å². The van der Waals surface area contributed by atoms with Gasteiger partial charge in [-0.15, -0.1) is 0 Å². The molecule has 1 aromatic carbocycles. The molecule has 0 fully saturated rings. The van der Waals surface area contributed by atoms with Crippen molar-refractivity contribution >= 4 is 0 Å². The minimum Gasteiger partial charge on any atom is -0.305 e. The van der Waals surface area contributed by atoms with E-state index in [2.05, 4.69) is 0 Å². The highest BCUT2D eigenvalue weighted by Gasteiger charge is 1.90. The summed E-state index contributed by atoms with van der Waals surface area (Å²) in [5.41, 5.74) is 1.04. The van der Waals surface area contributed by atoms with Crippen LogP contribution in [0, 0.1) is 0 Å². The number of hydrogen-bond acceptors (Lipinski definition) is 1. The number of nitrogens with zero attached hydrogens (tertiary/aromatic N) is 1. The van der Waals surface area contributed by atoms with Crippen molar-refractivity contribution in [1.82, 2.24) is 4.90 Å². The topological polar surface area (TPSA) is 3.24 Å². The summed E-state index contributed by atoms with van der Waals surface area (Å²) in [6, 6.07) is 9.82. The van der Waals surface area contributed by atoms with E-state index in [-0.39, 0.29) is 6.52 Å². The third-order valence-electron chi connectivity index (χ3n) is 1.21. The minimum atomic E-state index is -0.240. The fraction of sp³-hybridized carbons (Fsp3) is 0.333. The first-order valence-corrected chi connectivity index (χ1v) is 3.35. The van der Waals surface area contributed by atoms with Gasteiger partial charge in [0.1, 0.15) is 0 Å². The molecule has 0 saturated heterocycles. The highest BCUT2D eigenvalue weighted by atomic mass is 15.0. The Bertz CT molecular complexity index is 208. The molecule has 1 unspecified atom stereocenters. The Balaban J connectivity index is 2.77. The van der Waals surface area contributed by atoms with Crippen molar-refractivity contribution in [3.63, 3.8) is 0 Å². The van der Waals surface area contributed by atoms with Crippen LogP contribution >= 0.6 is 0 Å². The van der Waals surface area contributed by atoms with Gasteiger partial charge >= 0.3 is 0 Å². The summed E-state index contributed by atoms with van der Waals surface area (Å²) in [5.74, 6) is 0. The molecule has 10 heavy (non-hydrogen) atoms. The molecular weight excluding hydrogens is 122 g/mol. The largest absolute Gasteiger partial charge is 0.305 e. The van der Waals surface area contributed by atoms with E-state index >= 15 is 0 Å². The molecule has 0 bridgehead atoms. The van der Waals surface area contributed by atoms with Crippen LogP contribution < -0.4 is 0 Å². The summed E-state index contributed by atoms with van der Waals surface area (Å²) < 4.78 is 7.69. The van der Waals surface area contributed by atoms with Gasteiger partial charge in [0.05, 0.1) is 0 Å². The van der Waals surface area contributed by atoms with E-state index in [1.165, 1.54) is 0 Å². The molecule has 54 valence electrons. The van der Waals surface area contributed by atoms with Gasteiger partial charge in [0, 0.05) is 7.89 Å². The average molecular weight is 136 g/mol. The first kappa shape index (κ1) is 5.93. The van der Waals surface area contributed by atoms with Crippen LogP contribution in [0.3, 0.4) is 0 Å². The Morgan fingerprint density at radius 1 is 1.30 bits per heavy atom. The summed E-state index contributed by atoms with van der Waals surface area (Å²) in [4.78, 5) is 1.87. The summed E-state index contributed by atoms with van der Waals surface area (Å²) >= 11 is 0. The first-order chi connectivity index (χ1) is 5.22. The van der Waals surface area contributed by atoms with E-state index in [1.807, 2.05) is 49.3 Å². The Labute approximate surface area is 63.7 Å². The predicted molar refractivity (Wildman–Crippen MR) is 43.8 cm³/mol. The fourth-order valence-electron chi connectivity index (χ4n) is 0.837. The van der Waals surface area contributed by atoms with Gasteiger partial charge in [0.2, 0.25) is 0 Å². The Kier molecular flexibility index (Phi) is 2.00. The normalized spacial score (nSPS) is 14.9. The molecule has 1 aromatic rings. The zero-order valence-electron chi connectivity index (χ0n) is 7.41. The Hall–Kier alpha value is -0.820. The molecule has 1 atom stereocenters. The summed E-state index contributed by atoms with van der Waals surface area (Å²) in [6.07, 6.45) is 0. The van der Waals surface area contributed by atoms with E-state index in [0.29, 0.717) is 0 Å². The quantitative estimate of drug-likeness (QED) is 0.598. The maximum absolute atomic E-state index is 7.69. The fourth-order valence-corrected chi connectivity index (χ4v) is 0.837. The molecule has 1 heteroatoms. The molecule has 0 aliphatic carbocycles. The molecule has 0 saturated carbocycles. The average Bonchev–Trinajstić information content (AvgIpc) is 2.05. The second kappa shape index (κ2) is 3.37. The molecule has 0 radical (unpaired) electrons. The lowest BCUT2D eigenvalue weighted by atomic mass is 10.2. The van der Waals surface area contributed by atoms with Crippen molar-refractivity contribution in [1.29, 1.82) is 0 Å². The standard InChI is InChI=1S/C9H13N/c1-10(2)8-9-6-4-3-5-7-9/h3-7H,8H2,1-2H3/i8D. The van der Waals surface area contributed by atoms with Crippen LogP contribution in [0.1, 0.15) is 6.93 Å². The minimum absolute atomic E-state index is 0.240. The maximum Gasteiger partial charge on any atom is 0.0481 e. The van der Waals surface area contributed by atoms with Gasteiger partial charge in [-0.2, -0.15) is 0 Å². The van der Waals surface area contributed by atoms with Crippen molar-refractivity contribution < 1.29 is 1.37 Å². The Morgan fingerprint density at radius 2 is 1.90 bits per heavy atom. The van der Waals surface area contributed by atoms with Gasteiger partial charge < -0.3 is 4.90 Å². The van der Waals surface area contributed by atoms with Gasteiger partial charge in [0.25, 0.3) is 0 Å². The van der Waals surface area contributed by atoms with Crippen molar-refractivity contribution in [2.75, 3.05) is 14.1 Å². The summed E-state index contributed by atoms with van der Waals surface area (Å²) in [5, 5.41) is 0. The van der Waals surface area contributed by atoms with Gasteiger partial charge in [-0.1, -0.05) is 30.3 Å². The molecule has 0 aliphatic heterocycles. The number of rotatable bonds is 2. The van der Waals surface area contributed by atoms with Crippen LogP contribution in [0.2, 0.25) is 0 Å². The van der Waals surface area contributed by atoms with Gasteiger partial charge in [-0.05, 0) is 19.7 Å². The molecule has 0 amide bonds. The van der Waals surface area contributed by atoms with E-state index in [4.69, 9.17) is 1.37 Å². The second-order valence-electron chi connectivity index (χ2n) is 2.50. The van der Waals surface area contributed by atoms with Crippen LogP contribution in [0.15, 0.2) is 30.3 Å². The summed E-state index contributed by atoms with van der Waals surface area (Å²) in [6.45, 7) is -0.240. The first-order valence-electron chi connectivity index (χ1n) is 3.93. The lowest BCUT2D eigenvalue weighted by molar-refractivity contribution is 0.402. The zero-order chi connectivity index (χ0) is 8.27. The van der Waals surface area contributed by atoms with Crippen LogP contribution in [-0.2, 0) is 6.52 Å². The Morgan fingerprint density at radius 3 is 2.40 bits per heavy atom. The van der Waals surface area contributed by atoms with Gasteiger partial charge in [0.15, 0.2) is 0 Å². The SMILES string of the molecule is [2H]C(c1ccccc1)N(C)C. The monoisotopic (exact) mass is 136 g/mol. The van der Waals surface area contributed by atoms with Crippen molar-refractivity contribution in [3.8, 4) is 0 Å². The van der Waals surface area contributed by atoms with Gasteiger partial charge in [-0.25, -0.2) is 0 Å². The van der Waals surface area contributed by atoms with Crippen LogP contribution in [0.25, 0.3) is 0 Å². The molecule has 0 aromatic heterocycles. The van der Waals surface area contributed by atoms with E-state index < -0.39 is 0 Å². The second-order valence-corrected chi connectivity index (χ2v) is 2.50. The lowest BCUT2D eigenvalue weighted by Crippen LogP contribution is -2.10. The molecule has 0 spiro atoms. The van der Waals surface area contributed by atoms with Crippen LogP contribution in [0.5, 0.6) is 0 Å². The van der Waals surface area contributed by atoms with Gasteiger partial charge in [-0.3, -0.25) is 0 Å². The van der Waals surface area contributed by atoms with Crippen LogP contribution in [0.4, 0.5) is 0 Å². The molecule has 1 nitrogen and oxygen atoms in total. The molecule has 0 heterocycles. The smallest absolute Gasteiger partial charge is 0.0481 e. The molecular formula is C9H13N. The van der Waals surface area contributed by atoms with Crippen molar-refractivity contribution in [2.45, 2.75) is 6.52 Å². The maximum atomic E-state index is 7.69. The highest BCUT2D eigenvalue weighted by Crippen LogP contribution is 1.99. The van der Waals surface area contributed by atoms with Crippen molar-refractivity contribution in [2.24, 2.45) is 0 Å². The van der Waals surface area contributed by atoms with Crippen molar-refractivity contribution in [3.05, 3.63) is 35.9 Å². The number of hydrogen-bond donors (Lipinski definition) is 0. The third-order valence-corrected chi connectivity index (χ3v) is 1.21. The lowest BCUT2D eigenvalue weighted by Gasteiger charge is -2.08. The highest BCUT2D eigenvalue weighted by molar-refractivity contribution is 5.14. The predicted octanol–water partition coefficient (Wildman–Crippen LogP) is 1.75. The summed E-state index contributed by atoms with van der Waals surface area (Å²) in [7, 11) is 3.81. The zero-order valence-corrected chi connectivity index (χ0v) is 6.41. The molecule has 1 rings (SSSR count). The van der Waals surface area contributed by atoms with Crippen LogP contribution in [-0.4, -0.2) is 19.0 Å². The van der Waals surface area contributed by atoms with E-state index in [9.17, 15) is 0 Å². The third kappa shape index (κ3) is 2.19. The number of benzene rings is 1. The van der Waals surface area contributed by atoms with E-state index in [0.717, 1.165) is 5.56 Å². The molecule has 0 aliphatic rings.